The molecule has 0 spiro atoms. The van der Waals surface area contributed by atoms with Gasteiger partial charge in [0.15, 0.2) is 0 Å². The molecule has 4 heteroatoms. The topological polar surface area (TPSA) is 55.1 Å². The van der Waals surface area contributed by atoms with E-state index in [1.54, 1.807) is 18.2 Å². The molecule has 1 heterocycles. The first-order valence-corrected chi connectivity index (χ1v) is 5.36. The lowest BCUT2D eigenvalue weighted by Crippen LogP contribution is -1.98. The number of hydrogen-bond acceptors (Lipinski definition) is 2. The SMILES string of the molecule is CC1CC1n1cnc2ccc(C(=O)O)cc21. The maximum Gasteiger partial charge on any atom is 0.335 e. The van der Waals surface area contributed by atoms with E-state index in [1.165, 1.54) is 0 Å². The van der Waals surface area contributed by atoms with Crippen LogP contribution in [-0.2, 0) is 0 Å². The molecule has 4 nitrogen and oxygen atoms in total. The van der Waals surface area contributed by atoms with E-state index in [-0.39, 0.29) is 0 Å². The van der Waals surface area contributed by atoms with Crippen LogP contribution < -0.4 is 0 Å². The third-order valence-electron chi connectivity index (χ3n) is 3.25. The van der Waals surface area contributed by atoms with Gasteiger partial charge in [0, 0.05) is 6.04 Å². The second kappa shape index (κ2) is 3.07. The van der Waals surface area contributed by atoms with Gasteiger partial charge >= 0.3 is 5.97 Å². The standard InChI is InChI=1S/C12H12N2O2/c1-7-4-10(7)14-6-13-9-3-2-8(12(15)16)5-11(9)14/h2-3,5-7,10H,4H2,1H3,(H,15,16). The molecule has 1 aromatic heterocycles. The van der Waals surface area contributed by atoms with Crippen molar-refractivity contribution in [2.24, 2.45) is 5.92 Å². The van der Waals surface area contributed by atoms with Crippen molar-refractivity contribution in [2.45, 2.75) is 19.4 Å². The average molecular weight is 216 g/mol. The molecule has 0 aliphatic heterocycles. The lowest BCUT2D eigenvalue weighted by atomic mass is 10.2. The summed E-state index contributed by atoms with van der Waals surface area (Å²) in [5.41, 5.74) is 2.11. The third kappa shape index (κ3) is 1.30. The van der Waals surface area contributed by atoms with Crippen molar-refractivity contribution in [3.63, 3.8) is 0 Å². The quantitative estimate of drug-likeness (QED) is 0.838. The van der Waals surface area contributed by atoms with Gasteiger partial charge in [-0.05, 0) is 30.5 Å². The summed E-state index contributed by atoms with van der Waals surface area (Å²) in [6, 6.07) is 5.56. The molecule has 1 aliphatic rings. The Bertz CT molecular complexity index is 573. The highest BCUT2D eigenvalue weighted by atomic mass is 16.4. The van der Waals surface area contributed by atoms with Crippen LogP contribution in [0.4, 0.5) is 0 Å². The van der Waals surface area contributed by atoms with E-state index in [4.69, 9.17) is 5.11 Å². The number of carboxylic acids is 1. The van der Waals surface area contributed by atoms with Crippen molar-refractivity contribution < 1.29 is 9.90 Å². The average Bonchev–Trinajstić information content (AvgIpc) is 2.84. The second-order valence-corrected chi connectivity index (χ2v) is 4.44. The largest absolute Gasteiger partial charge is 0.478 e. The molecule has 2 aromatic rings. The number of rotatable bonds is 2. The number of carbonyl (C=O) groups is 1. The first-order valence-electron chi connectivity index (χ1n) is 5.36. The van der Waals surface area contributed by atoms with Crippen molar-refractivity contribution in [3.8, 4) is 0 Å². The van der Waals surface area contributed by atoms with Gasteiger partial charge in [0.1, 0.15) is 0 Å². The third-order valence-corrected chi connectivity index (χ3v) is 3.25. The molecule has 2 unspecified atom stereocenters. The van der Waals surface area contributed by atoms with Crippen LogP contribution >= 0.6 is 0 Å². The van der Waals surface area contributed by atoms with Crippen molar-refractivity contribution in [2.75, 3.05) is 0 Å². The molecule has 1 N–H and O–H groups in total. The van der Waals surface area contributed by atoms with E-state index in [1.807, 2.05) is 6.33 Å². The number of fused-ring (bicyclic) bond motifs is 1. The van der Waals surface area contributed by atoms with E-state index >= 15 is 0 Å². The summed E-state index contributed by atoms with van der Waals surface area (Å²) in [4.78, 5) is 15.2. The Balaban J connectivity index is 2.16. The van der Waals surface area contributed by atoms with Crippen LogP contribution in [0, 0.1) is 5.92 Å². The number of nitrogens with zero attached hydrogens (tertiary/aromatic N) is 2. The van der Waals surface area contributed by atoms with E-state index < -0.39 is 5.97 Å². The Kier molecular flexibility index (Phi) is 1.80. The Morgan fingerprint density at radius 1 is 1.56 bits per heavy atom. The number of aromatic nitrogens is 2. The first-order chi connectivity index (χ1) is 7.66. The fourth-order valence-electron chi connectivity index (χ4n) is 2.11. The monoisotopic (exact) mass is 216 g/mol. The lowest BCUT2D eigenvalue weighted by Gasteiger charge is -2.02. The zero-order chi connectivity index (χ0) is 11.3. The van der Waals surface area contributed by atoms with E-state index in [0.717, 1.165) is 17.5 Å². The van der Waals surface area contributed by atoms with Crippen molar-refractivity contribution in [1.82, 2.24) is 9.55 Å². The van der Waals surface area contributed by atoms with Crippen LogP contribution in [0.5, 0.6) is 0 Å². The zero-order valence-electron chi connectivity index (χ0n) is 8.92. The molecule has 2 atom stereocenters. The molecule has 0 amide bonds. The highest BCUT2D eigenvalue weighted by Gasteiger charge is 2.35. The molecule has 0 saturated heterocycles. The fraction of sp³-hybridized carbons (Fsp3) is 0.333. The predicted octanol–water partition coefficient (Wildman–Crippen LogP) is 2.32. The molecular formula is C12H12N2O2. The number of aromatic carboxylic acids is 1. The molecule has 82 valence electrons. The lowest BCUT2D eigenvalue weighted by molar-refractivity contribution is 0.0697. The summed E-state index contributed by atoms with van der Waals surface area (Å²) in [5.74, 6) is -0.218. The Labute approximate surface area is 92.5 Å². The van der Waals surface area contributed by atoms with Crippen LogP contribution in [0.1, 0.15) is 29.7 Å². The number of imidazole rings is 1. The predicted molar refractivity (Wildman–Crippen MR) is 59.5 cm³/mol. The maximum atomic E-state index is 10.9. The number of carboxylic acid groups (broad SMARTS) is 1. The molecule has 1 fully saturated rings. The van der Waals surface area contributed by atoms with E-state index in [9.17, 15) is 4.79 Å². The van der Waals surface area contributed by atoms with Gasteiger partial charge in [0.2, 0.25) is 0 Å². The van der Waals surface area contributed by atoms with E-state index in [0.29, 0.717) is 17.5 Å². The van der Waals surface area contributed by atoms with Crippen LogP contribution in [0.2, 0.25) is 0 Å². The van der Waals surface area contributed by atoms with Gasteiger partial charge < -0.3 is 9.67 Å². The molecule has 0 radical (unpaired) electrons. The highest BCUT2D eigenvalue weighted by Crippen LogP contribution is 2.44. The van der Waals surface area contributed by atoms with Crippen molar-refractivity contribution >= 4 is 17.0 Å². The van der Waals surface area contributed by atoms with Gasteiger partial charge in [-0.2, -0.15) is 0 Å². The van der Waals surface area contributed by atoms with Crippen molar-refractivity contribution in [3.05, 3.63) is 30.1 Å². The van der Waals surface area contributed by atoms with Crippen molar-refractivity contribution in [1.29, 1.82) is 0 Å². The smallest absolute Gasteiger partial charge is 0.335 e. The fourth-order valence-corrected chi connectivity index (χ4v) is 2.11. The molecule has 1 saturated carbocycles. The Morgan fingerprint density at radius 2 is 2.31 bits per heavy atom. The molecule has 1 aromatic carbocycles. The second-order valence-electron chi connectivity index (χ2n) is 4.44. The van der Waals surface area contributed by atoms with Gasteiger partial charge in [-0.25, -0.2) is 9.78 Å². The molecule has 1 aliphatic carbocycles. The van der Waals surface area contributed by atoms with E-state index in [2.05, 4.69) is 16.5 Å². The minimum atomic E-state index is -0.890. The summed E-state index contributed by atoms with van der Waals surface area (Å²) in [7, 11) is 0. The summed E-state index contributed by atoms with van der Waals surface area (Å²) >= 11 is 0. The molecule has 0 bridgehead atoms. The number of benzene rings is 1. The minimum absolute atomic E-state index is 0.322. The van der Waals surface area contributed by atoms with Crippen LogP contribution in [0.25, 0.3) is 11.0 Å². The molecule has 3 rings (SSSR count). The van der Waals surface area contributed by atoms with Gasteiger partial charge in [-0.3, -0.25) is 0 Å². The first kappa shape index (κ1) is 9.39. The van der Waals surface area contributed by atoms with Gasteiger partial charge in [-0.15, -0.1) is 0 Å². The van der Waals surface area contributed by atoms with Crippen LogP contribution in [0.3, 0.4) is 0 Å². The summed E-state index contributed by atoms with van der Waals surface area (Å²) < 4.78 is 2.09. The Hall–Kier alpha value is -1.84. The highest BCUT2D eigenvalue weighted by molar-refractivity contribution is 5.92. The van der Waals surface area contributed by atoms with Gasteiger partial charge in [-0.1, -0.05) is 6.92 Å². The minimum Gasteiger partial charge on any atom is -0.478 e. The normalized spacial score (nSPS) is 23.6. The molecule has 16 heavy (non-hydrogen) atoms. The van der Waals surface area contributed by atoms with Gasteiger partial charge in [0.25, 0.3) is 0 Å². The summed E-state index contributed by atoms with van der Waals surface area (Å²) in [5, 5.41) is 8.95. The summed E-state index contributed by atoms with van der Waals surface area (Å²) in [6.45, 7) is 2.19. The summed E-state index contributed by atoms with van der Waals surface area (Å²) in [6.07, 6.45) is 2.97. The van der Waals surface area contributed by atoms with Gasteiger partial charge in [0.05, 0.1) is 22.9 Å². The maximum absolute atomic E-state index is 10.9. The number of hydrogen-bond donors (Lipinski definition) is 1. The van der Waals surface area contributed by atoms with Crippen LogP contribution in [-0.4, -0.2) is 20.6 Å². The zero-order valence-corrected chi connectivity index (χ0v) is 8.92. The molecular weight excluding hydrogens is 204 g/mol. The van der Waals surface area contributed by atoms with Crippen LogP contribution in [0.15, 0.2) is 24.5 Å². The Morgan fingerprint density at radius 3 is 2.94 bits per heavy atom.